The van der Waals surface area contributed by atoms with Gasteiger partial charge < -0.3 is 0 Å². The van der Waals surface area contributed by atoms with Crippen LogP contribution in [0.3, 0.4) is 0 Å². The molecular formula is C21H34BrF. The SMILES string of the molecule is CC[C@H]1CC[C@H]2[C@@H]3CCC4CCC(Br)C[C@]4(C)[C@@]3(F)CC[C@]12C. The molecule has 0 nitrogen and oxygen atoms in total. The van der Waals surface area contributed by atoms with Gasteiger partial charge in [-0.25, -0.2) is 4.39 Å². The molecule has 0 amide bonds. The molecule has 0 N–H and O–H groups in total. The van der Waals surface area contributed by atoms with Crippen LogP contribution in [0.1, 0.15) is 85.0 Å². The molecule has 4 saturated carbocycles. The first-order valence-electron chi connectivity index (χ1n) is 10.2. The van der Waals surface area contributed by atoms with Gasteiger partial charge in [-0.15, -0.1) is 0 Å². The molecule has 0 bridgehead atoms. The minimum absolute atomic E-state index is 0.0754. The lowest BCUT2D eigenvalue weighted by Gasteiger charge is -2.64. The Bertz CT molecular complexity index is 478. The Labute approximate surface area is 150 Å². The first-order valence-corrected chi connectivity index (χ1v) is 11.1. The van der Waals surface area contributed by atoms with Gasteiger partial charge in [-0.3, -0.25) is 0 Å². The van der Waals surface area contributed by atoms with Crippen molar-refractivity contribution >= 4 is 15.9 Å². The van der Waals surface area contributed by atoms with Gasteiger partial charge in [0.25, 0.3) is 0 Å². The number of alkyl halides is 2. The molecule has 4 fully saturated rings. The maximum absolute atomic E-state index is 16.7. The lowest BCUT2D eigenvalue weighted by atomic mass is 9.43. The van der Waals surface area contributed by atoms with Crippen LogP contribution in [0.25, 0.3) is 0 Å². The minimum Gasteiger partial charge on any atom is -0.243 e. The molecule has 8 atom stereocenters. The number of rotatable bonds is 1. The summed E-state index contributed by atoms with van der Waals surface area (Å²) in [5, 5.41) is 0. The van der Waals surface area contributed by atoms with Crippen molar-refractivity contribution in [1.29, 1.82) is 0 Å². The fourth-order valence-corrected chi connectivity index (χ4v) is 8.88. The fourth-order valence-electron chi connectivity index (χ4n) is 7.94. The van der Waals surface area contributed by atoms with Gasteiger partial charge in [0.05, 0.1) is 0 Å². The van der Waals surface area contributed by atoms with Gasteiger partial charge in [-0.2, -0.15) is 0 Å². The van der Waals surface area contributed by atoms with Crippen LogP contribution in [-0.2, 0) is 0 Å². The molecule has 0 saturated heterocycles. The number of hydrogen-bond acceptors (Lipinski definition) is 0. The van der Waals surface area contributed by atoms with E-state index in [2.05, 4.69) is 36.7 Å². The first kappa shape index (κ1) is 16.9. The molecule has 0 heterocycles. The normalized spacial score (nSPS) is 59.1. The number of halogens is 2. The molecule has 23 heavy (non-hydrogen) atoms. The van der Waals surface area contributed by atoms with Crippen LogP contribution < -0.4 is 0 Å². The Hall–Kier alpha value is 0.410. The zero-order valence-corrected chi connectivity index (χ0v) is 16.8. The van der Waals surface area contributed by atoms with Gasteiger partial charge in [0, 0.05) is 10.2 Å². The second-order valence-electron chi connectivity index (χ2n) is 9.83. The highest BCUT2D eigenvalue weighted by Crippen LogP contribution is 2.70. The van der Waals surface area contributed by atoms with E-state index in [0.717, 1.165) is 25.2 Å². The Morgan fingerprint density at radius 1 is 0.957 bits per heavy atom. The summed E-state index contributed by atoms with van der Waals surface area (Å²) in [4.78, 5) is 0.537. The van der Waals surface area contributed by atoms with Crippen molar-refractivity contribution in [2.24, 2.45) is 34.5 Å². The summed E-state index contributed by atoms with van der Waals surface area (Å²) in [6, 6.07) is 0. The zero-order chi connectivity index (χ0) is 16.5. The third-order valence-electron chi connectivity index (χ3n) is 9.35. The van der Waals surface area contributed by atoms with Crippen molar-refractivity contribution < 1.29 is 4.39 Å². The third kappa shape index (κ3) is 2.12. The van der Waals surface area contributed by atoms with Gasteiger partial charge in [0.1, 0.15) is 5.67 Å². The van der Waals surface area contributed by atoms with Crippen molar-refractivity contribution in [3.05, 3.63) is 0 Å². The Morgan fingerprint density at radius 3 is 2.39 bits per heavy atom. The summed E-state index contributed by atoms with van der Waals surface area (Å²) in [6.45, 7) is 7.19. The molecule has 2 unspecified atom stereocenters. The zero-order valence-electron chi connectivity index (χ0n) is 15.2. The van der Waals surface area contributed by atoms with Crippen molar-refractivity contribution in [2.75, 3.05) is 0 Å². The molecule has 0 radical (unpaired) electrons. The van der Waals surface area contributed by atoms with Crippen LogP contribution in [0.15, 0.2) is 0 Å². The van der Waals surface area contributed by atoms with Gasteiger partial charge >= 0.3 is 0 Å². The second-order valence-corrected chi connectivity index (χ2v) is 11.1. The quantitative estimate of drug-likeness (QED) is 0.430. The molecule has 2 heteroatoms. The van der Waals surface area contributed by atoms with E-state index in [-0.39, 0.29) is 5.41 Å². The van der Waals surface area contributed by atoms with Crippen LogP contribution in [0.2, 0.25) is 0 Å². The predicted molar refractivity (Wildman–Crippen MR) is 98.6 cm³/mol. The highest BCUT2D eigenvalue weighted by atomic mass is 79.9. The van der Waals surface area contributed by atoms with Crippen LogP contribution in [0.4, 0.5) is 4.39 Å². The van der Waals surface area contributed by atoms with E-state index in [1.165, 1.54) is 44.9 Å². The highest BCUT2D eigenvalue weighted by molar-refractivity contribution is 9.09. The first-order chi connectivity index (χ1) is 10.8. The minimum atomic E-state index is -0.894. The van der Waals surface area contributed by atoms with Crippen LogP contribution in [0, 0.1) is 34.5 Å². The summed E-state index contributed by atoms with van der Waals surface area (Å²) < 4.78 is 16.7. The Kier molecular flexibility index (Phi) is 3.99. The summed E-state index contributed by atoms with van der Waals surface area (Å²) in [7, 11) is 0. The molecule has 4 aliphatic carbocycles. The van der Waals surface area contributed by atoms with Crippen molar-refractivity contribution in [2.45, 2.75) is 95.5 Å². The molecule has 4 aliphatic rings. The molecule has 132 valence electrons. The molecule has 0 aromatic heterocycles. The highest BCUT2D eigenvalue weighted by Gasteiger charge is 2.67. The van der Waals surface area contributed by atoms with E-state index in [4.69, 9.17) is 0 Å². The van der Waals surface area contributed by atoms with Crippen LogP contribution in [0.5, 0.6) is 0 Å². The maximum Gasteiger partial charge on any atom is 0.119 e. The van der Waals surface area contributed by atoms with Crippen LogP contribution in [-0.4, -0.2) is 10.5 Å². The number of fused-ring (bicyclic) bond motifs is 5. The standard InChI is InChI=1S/C21H34BrF/c1-4-14-6-9-17-18-10-7-15-5-8-16(22)13-20(15,3)21(18,23)12-11-19(14,17)2/h14-18H,4-13H2,1-3H3/t14-,15?,16?,17-,18-,19+,20-,21+/m0/s1. The topological polar surface area (TPSA) is 0 Å². The lowest BCUT2D eigenvalue weighted by molar-refractivity contribution is -0.192. The van der Waals surface area contributed by atoms with Crippen molar-refractivity contribution in [3.8, 4) is 0 Å². The maximum atomic E-state index is 16.7. The average Bonchev–Trinajstić information content (AvgIpc) is 2.84. The summed E-state index contributed by atoms with van der Waals surface area (Å²) in [5.74, 6) is 2.47. The van der Waals surface area contributed by atoms with E-state index in [0.29, 0.717) is 28.0 Å². The molecule has 0 spiro atoms. The van der Waals surface area contributed by atoms with E-state index in [9.17, 15) is 0 Å². The lowest BCUT2D eigenvalue weighted by Crippen LogP contribution is -2.63. The molecule has 0 aromatic carbocycles. The van der Waals surface area contributed by atoms with Crippen LogP contribution >= 0.6 is 15.9 Å². The third-order valence-corrected chi connectivity index (χ3v) is 10.1. The van der Waals surface area contributed by atoms with Gasteiger partial charge in [-0.05, 0) is 86.9 Å². The monoisotopic (exact) mass is 384 g/mol. The molecule has 0 aromatic rings. The average molecular weight is 385 g/mol. The van der Waals surface area contributed by atoms with E-state index >= 15 is 4.39 Å². The van der Waals surface area contributed by atoms with E-state index in [1.807, 2.05) is 0 Å². The van der Waals surface area contributed by atoms with Gasteiger partial charge in [0.15, 0.2) is 0 Å². The number of hydrogen-bond donors (Lipinski definition) is 0. The smallest absolute Gasteiger partial charge is 0.119 e. The molecule has 4 rings (SSSR count). The Balaban J connectivity index is 1.69. The largest absolute Gasteiger partial charge is 0.243 e. The summed E-state index contributed by atoms with van der Waals surface area (Å²) in [6.07, 6.45) is 11.9. The fraction of sp³-hybridized carbons (Fsp3) is 1.00. The van der Waals surface area contributed by atoms with Gasteiger partial charge in [0.2, 0.25) is 0 Å². The predicted octanol–water partition coefficient (Wildman–Crippen LogP) is 6.91. The molecule has 0 aliphatic heterocycles. The van der Waals surface area contributed by atoms with Crippen molar-refractivity contribution in [3.63, 3.8) is 0 Å². The van der Waals surface area contributed by atoms with Gasteiger partial charge in [-0.1, -0.05) is 43.1 Å². The van der Waals surface area contributed by atoms with E-state index in [1.54, 1.807) is 0 Å². The second kappa shape index (κ2) is 5.45. The Morgan fingerprint density at radius 2 is 1.65 bits per heavy atom. The molecular weight excluding hydrogens is 351 g/mol. The summed E-state index contributed by atoms with van der Waals surface area (Å²) >= 11 is 3.85. The van der Waals surface area contributed by atoms with Crippen molar-refractivity contribution in [1.82, 2.24) is 0 Å². The summed E-state index contributed by atoms with van der Waals surface area (Å²) in [5.41, 5.74) is -0.538. The van der Waals surface area contributed by atoms with E-state index < -0.39 is 5.67 Å².